The molecule has 1 nitrogen and oxygen atoms in total. The minimum absolute atomic E-state index is 0.568. The molecule has 0 aliphatic rings. The van der Waals surface area contributed by atoms with Crippen molar-refractivity contribution in [2.45, 2.75) is 19.9 Å². The Morgan fingerprint density at radius 1 is 1.50 bits per heavy atom. The summed E-state index contributed by atoms with van der Waals surface area (Å²) in [6.45, 7) is 4.38. The molecule has 0 radical (unpaired) electrons. The van der Waals surface area contributed by atoms with Crippen molar-refractivity contribution in [3.63, 3.8) is 0 Å². The van der Waals surface area contributed by atoms with Gasteiger partial charge in [0.1, 0.15) is 0 Å². The lowest BCUT2D eigenvalue weighted by molar-refractivity contribution is 0.466. The minimum Gasteiger partial charge on any atom is -0.316 e. The summed E-state index contributed by atoms with van der Waals surface area (Å²) in [5.41, 5.74) is 0. The molecule has 0 aromatic carbocycles. The summed E-state index contributed by atoms with van der Waals surface area (Å²) in [6.07, 6.45) is 0. The van der Waals surface area contributed by atoms with Gasteiger partial charge in [-0.15, -0.1) is 0 Å². The zero-order chi connectivity index (χ0) is 6.57. The van der Waals surface area contributed by atoms with Crippen LogP contribution in [0.2, 0.25) is 0 Å². The molecular weight excluding hydrogens is 118 g/mol. The first-order valence-corrected chi connectivity index (χ1v) is 3.63. The van der Waals surface area contributed by atoms with Crippen LogP contribution in [0.4, 0.5) is 0 Å². The van der Waals surface area contributed by atoms with E-state index in [-0.39, 0.29) is 0 Å². The maximum atomic E-state index is 4.17. The van der Waals surface area contributed by atoms with Crippen LogP contribution in [0.5, 0.6) is 0 Å². The molecular formula is C6H15NS. The van der Waals surface area contributed by atoms with E-state index in [0.717, 1.165) is 5.75 Å². The summed E-state index contributed by atoms with van der Waals surface area (Å²) in [5, 5.41) is 3.17. The second-order valence-corrected chi connectivity index (χ2v) is 2.69. The van der Waals surface area contributed by atoms with Gasteiger partial charge in [-0.25, -0.2) is 0 Å². The van der Waals surface area contributed by atoms with Gasteiger partial charge < -0.3 is 5.32 Å². The number of rotatable bonds is 3. The van der Waals surface area contributed by atoms with Gasteiger partial charge in [0.25, 0.3) is 0 Å². The Morgan fingerprint density at radius 2 is 2.00 bits per heavy atom. The van der Waals surface area contributed by atoms with E-state index in [1.165, 1.54) is 0 Å². The highest BCUT2D eigenvalue weighted by Gasteiger charge is 2.06. The zero-order valence-electron chi connectivity index (χ0n) is 5.81. The molecule has 0 aromatic rings. The van der Waals surface area contributed by atoms with Gasteiger partial charge >= 0.3 is 0 Å². The van der Waals surface area contributed by atoms with Gasteiger partial charge in [-0.05, 0) is 13.0 Å². The van der Waals surface area contributed by atoms with E-state index in [4.69, 9.17) is 0 Å². The second-order valence-electron chi connectivity index (χ2n) is 2.32. The maximum absolute atomic E-state index is 4.17. The van der Waals surface area contributed by atoms with Gasteiger partial charge in [0.05, 0.1) is 0 Å². The van der Waals surface area contributed by atoms with Crippen LogP contribution in [0, 0.1) is 5.92 Å². The molecule has 0 aliphatic heterocycles. The molecule has 0 saturated heterocycles. The molecule has 0 spiro atoms. The first kappa shape index (κ1) is 8.31. The van der Waals surface area contributed by atoms with Crippen LogP contribution < -0.4 is 5.32 Å². The Balaban J connectivity index is 3.35. The number of thiol groups is 1. The summed E-state index contributed by atoms with van der Waals surface area (Å²) in [5.74, 6) is 1.62. The molecule has 50 valence electrons. The molecule has 2 heteroatoms. The predicted molar refractivity (Wildman–Crippen MR) is 41.5 cm³/mol. The first-order valence-electron chi connectivity index (χ1n) is 3.00. The minimum atomic E-state index is 0.568. The van der Waals surface area contributed by atoms with Gasteiger partial charge in [0, 0.05) is 11.8 Å². The molecule has 0 amide bonds. The Kier molecular flexibility index (Phi) is 4.38. The van der Waals surface area contributed by atoms with E-state index < -0.39 is 0 Å². The summed E-state index contributed by atoms with van der Waals surface area (Å²) in [6, 6.07) is 0.568. The fraction of sp³-hybridized carbons (Fsp3) is 1.00. The normalized spacial score (nSPS) is 14.6. The molecule has 0 saturated carbocycles. The van der Waals surface area contributed by atoms with Crippen molar-refractivity contribution in [1.29, 1.82) is 0 Å². The average molecular weight is 133 g/mol. The molecule has 1 atom stereocenters. The van der Waals surface area contributed by atoms with Crippen molar-refractivity contribution in [2.75, 3.05) is 12.8 Å². The fourth-order valence-electron chi connectivity index (χ4n) is 0.635. The van der Waals surface area contributed by atoms with Crippen LogP contribution in [0.1, 0.15) is 13.8 Å². The van der Waals surface area contributed by atoms with Crippen LogP contribution in [0.3, 0.4) is 0 Å². The lowest BCUT2D eigenvalue weighted by Crippen LogP contribution is -2.32. The number of hydrogen-bond acceptors (Lipinski definition) is 2. The molecule has 0 unspecified atom stereocenters. The SMILES string of the molecule is CN[C@H](CS)C(C)C. The topological polar surface area (TPSA) is 12.0 Å². The van der Waals surface area contributed by atoms with Crippen molar-refractivity contribution >= 4 is 12.6 Å². The monoisotopic (exact) mass is 133 g/mol. The standard InChI is InChI=1S/C6H15NS/c1-5(2)6(4-8)7-3/h5-8H,4H2,1-3H3/t6-/m1/s1. The molecule has 0 bridgehead atoms. The van der Waals surface area contributed by atoms with Gasteiger partial charge in [0.15, 0.2) is 0 Å². The molecule has 0 rings (SSSR count). The molecule has 0 aliphatic carbocycles. The van der Waals surface area contributed by atoms with Crippen LogP contribution in [0.15, 0.2) is 0 Å². The van der Waals surface area contributed by atoms with Crippen molar-refractivity contribution < 1.29 is 0 Å². The van der Waals surface area contributed by atoms with Crippen molar-refractivity contribution in [3.05, 3.63) is 0 Å². The summed E-state index contributed by atoms with van der Waals surface area (Å²) in [4.78, 5) is 0. The molecule has 1 N–H and O–H groups in total. The number of hydrogen-bond donors (Lipinski definition) is 2. The second kappa shape index (κ2) is 4.21. The van der Waals surface area contributed by atoms with Crippen LogP contribution >= 0.6 is 12.6 Å². The Hall–Kier alpha value is 0.310. The lowest BCUT2D eigenvalue weighted by atomic mass is 10.1. The van der Waals surface area contributed by atoms with Gasteiger partial charge in [-0.1, -0.05) is 13.8 Å². The Morgan fingerprint density at radius 3 is 2.00 bits per heavy atom. The third-order valence-electron chi connectivity index (χ3n) is 1.37. The van der Waals surface area contributed by atoms with E-state index in [1.807, 2.05) is 7.05 Å². The van der Waals surface area contributed by atoms with Crippen molar-refractivity contribution in [1.82, 2.24) is 5.32 Å². The highest BCUT2D eigenvalue weighted by atomic mass is 32.1. The predicted octanol–water partition coefficient (Wildman–Crippen LogP) is 1.16. The van der Waals surface area contributed by atoms with Gasteiger partial charge in [-0.2, -0.15) is 12.6 Å². The Labute approximate surface area is 57.3 Å². The van der Waals surface area contributed by atoms with E-state index >= 15 is 0 Å². The average Bonchev–Trinajstić information content (AvgIpc) is 1.69. The maximum Gasteiger partial charge on any atom is 0.0175 e. The summed E-state index contributed by atoms with van der Waals surface area (Å²) in [7, 11) is 1.97. The van der Waals surface area contributed by atoms with Gasteiger partial charge in [-0.3, -0.25) is 0 Å². The largest absolute Gasteiger partial charge is 0.316 e. The van der Waals surface area contributed by atoms with Crippen LogP contribution in [-0.2, 0) is 0 Å². The molecule has 8 heavy (non-hydrogen) atoms. The number of nitrogens with one attached hydrogen (secondary N) is 1. The molecule has 0 aromatic heterocycles. The van der Waals surface area contributed by atoms with E-state index in [2.05, 4.69) is 31.8 Å². The van der Waals surface area contributed by atoms with E-state index in [1.54, 1.807) is 0 Å². The molecule has 0 heterocycles. The van der Waals surface area contributed by atoms with Crippen molar-refractivity contribution in [2.24, 2.45) is 5.92 Å². The lowest BCUT2D eigenvalue weighted by Gasteiger charge is -2.16. The summed E-state index contributed by atoms with van der Waals surface area (Å²) < 4.78 is 0. The van der Waals surface area contributed by atoms with Gasteiger partial charge in [0.2, 0.25) is 0 Å². The zero-order valence-corrected chi connectivity index (χ0v) is 6.70. The summed E-state index contributed by atoms with van der Waals surface area (Å²) >= 11 is 4.17. The first-order chi connectivity index (χ1) is 3.72. The Bertz CT molecular complexity index is 50.5. The highest BCUT2D eigenvalue weighted by molar-refractivity contribution is 7.80. The van der Waals surface area contributed by atoms with E-state index in [9.17, 15) is 0 Å². The quantitative estimate of drug-likeness (QED) is 0.551. The fourth-order valence-corrected chi connectivity index (χ4v) is 1.24. The smallest absolute Gasteiger partial charge is 0.0175 e. The van der Waals surface area contributed by atoms with Crippen molar-refractivity contribution in [3.8, 4) is 0 Å². The van der Waals surface area contributed by atoms with Crippen LogP contribution in [0.25, 0.3) is 0 Å². The third-order valence-corrected chi connectivity index (χ3v) is 1.77. The van der Waals surface area contributed by atoms with E-state index in [0.29, 0.717) is 12.0 Å². The highest BCUT2D eigenvalue weighted by Crippen LogP contribution is 2.01. The third kappa shape index (κ3) is 2.58. The van der Waals surface area contributed by atoms with Crippen LogP contribution in [-0.4, -0.2) is 18.8 Å². The molecule has 0 fully saturated rings.